The minimum atomic E-state index is -3.78. The predicted molar refractivity (Wildman–Crippen MR) is 101 cm³/mol. The SMILES string of the molecule is Cl.Cn1c(=O)oc2cc(S(=O)(=O)Nc3cccc4c3CCNC4)ccc21. The van der Waals surface area contributed by atoms with Gasteiger partial charge in [0, 0.05) is 19.7 Å². The number of aromatic nitrogens is 1. The average molecular weight is 396 g/mol. The summed E-state index contributed by atoms with van der Waals surface area (Å²) < 4.78 is 34.6. The van der Waals surface area contributed by atoms with Crippen LogP contribution in [0.4, 0.5) is 5.69 Å². The third kappa shape index (κ3) is 3.11. The topological polar surface area (TPSA) is 93.3 Å². The predicted octanol–water partition coefficient (Wildman–Crippen LogP) is 2.00. The summed E-state index contributed by atoms with van der Waals surface area (Å²) >= 11 is 0. The lowest BCUT2D eigenvalue weighted by Gasteiger charge is -2.21. The first-order valence-electron chi connectivity index (χ1n) is 7.89. The summed E-state index contributed by atoms with van der Waals surface area (Å²) in [7, 11) is -2.21. The van der Waals surface area contributed by atoms with Gasteiger partial charge in [-0.2, -0.15) is 0 Å². The van der Waals surface area contributed by atoms with Crippen molar-refractivity contribution in [3.63, 3.8) is 0 Å². The second-order valence-corrected chi connectivity index (χ2v) is 7.71. The minimum Gasteiger partial charge on any atom is -0.408 e. The number of nitrogens with one attached hydrogen (secondary N) is 2. The molecule has 0 radical (unpaired) electrons. The van der Waals surface area contributed by atoms with Crippen LogP contribution >= 0.6 is 12.4 Å². The number of hydrogen-bond donors (Lipinski definition) is 2. The molecule has 2 heterocycles. The Kier molecular flexibility index (Phi) is 4.83. The lowest BCUT2D eigenvalue weighted by Crippen LogP contribution is -2.25. The molecule has 1 aromatic heterocycles. The Hall–Kier alpha value is -2.29. The van der Waals surface area contributed by atoms with Crippen molar-refractivity contribution in [2.24, 2.45) is 7.05 Å². The maximum atomic E-state index is 12.8. The Morgan fingerprint density at radius 2 is 2.04 bits per heavy atom. The molecule has 0 aliphatic carbocycles. The van der Waals surface area contributed by atoms with Gasteiger partial charge in [-0.1, -0.05) is 12.1 Å². The first-order chi connectivity index (χ1) is 12.0. The van der Waals surface area contributed by atoms with E-state index in [-0.39, 0.29) is 22.9 Å². The number of rotatable bonds is 3. The van der Waals surface area contributed by atoms with E-state index in [0.717, 1.165) is 30.6 Å². The van der Waals surface area contributed by atoms with E-state index in [0.29, 0.717) is 11.2 Å². The Morgan fingerprint density at radius 1 is 1.23 bits per heavy atom. The second-order valence-electron chi connectivity index (χ2n) is 6.03. The molecule has 2 N–H and O–H groups in total. The van der Waals surface area contributed by atoms with Gasteiger partial charge in [-0.15, -0.1) is 12.4 Å². The lowest BCUT2D eigenvalue weighted by molar-refractivity contribution is 0.527. The Balaban J connectivity index is 0.00000196. The van der Waals surface area contributed by atoms with Crippen molar-refractivity contribution in [2.75, 3.05) is 11.3 Å². The fourth-order valence-corrected chi connectivity index (χ4v) is 4.22. The number of nitrogens with zero attached hydrogens (tertiary/aromatic N) is 1. The normalized spacial score (nSPS) is 13.9. The average Bonchev–Trinajstić information content (AvgIpc) is 2.89. The molecule has 3 aromatic rings. The highest BCUT2D eigenvalue weighted by Gasteiger charge is 2.20. The van der Waals surface area contributed by atoms with E-state index in [4.69, 9.17) is 4.42 Å². The summed E-state index contributed by atoms with van der Waals surface area (Å²) in [6.45, 7) is 1.54. The van der Waals surface area contributed by atoms with Gasteiger partial charge in [0.15, 0.2) is 5.58 Å². The van der Waals surface area contributed by atoms with Crippen LogP contribution in [0.5, 0.6) is 0 Å². The summed E-state index contributed by atoms with van der Waals surface area (Å²) in [5.74, 6) is -0.526. The molecule has 0 bridgehead atoms. The van der Waals surface area contributed by atoms with E-state index in [1.54, 1.807) is 19.2 Å². The van der Waals surface area contributed by atoms with Gasteiger partial charge >= 0.3 is 5.76 Å². The number of hydrogen-bond acceptors (Lipinski definition) is 5. The van der Waals surface area contributed by atoms with Gasteiger partial charge in [0.25, 0.3) is 10.0 Å². The van der Waals surface area contributed by atoms with Crippen LogP contribution in [0.25, 0.3) is 11.1 Å². The van der Waals surface area contributed by atoms with E-state index in [9.17, 15) is 13.2 Å². The quantitative estimate of drug-likeness (QED) is 0.707. The van der Waals surface area contributed by atoms with E-state index >= 15 is 0 Å². The molecule has 4 rings (SSSR count). The number of anilines is 1. The zero-order valence-electron chi connectivity index (χ0n) is 14.0. The molecule has 138 valence electrons. The Bertz CT molecular complexity index is 1130. The van der Waals surface area contributed by atoms with Crippen LogP contribution in [0.2, 0.25) is 0 Å². The molecule has 0 atom stereocenters. The Labute approximate surface area is 156 Å². The molecule has 0 fully saturated rings. The van der Waals surface area contributed by atoms with E-state index in [1.807, 2.05) is 12.1 Å². The van der Waals surface area contributed by atoms with E-state index < -0.39 is 15.8 Å². The van der Waals surface area contributed by atoms with Crippen LogP contribution in [0.1, 0.15) is 11.1 Å². The first-order valence-corrected chi connectivity index (χ1v) is 9.38. The highest BCUT2D eigenvalue weighted by molar-refractivity contribution is 7.92. The van der Waals surface area contributed by atoms with Crippen molar-refractivity contribution in [1.29, 1.82) is 0 Å². The Morgan fingerprint density at radius 3 is 2.85 bits per heavy atom. The van der Waals surface area contributed by atoms with Gasteiger partial charge in [0.2, 0.25) is 0 Å². The van der Waals surface area contributed by atoms with Crippen molar-refractivity contribution >= 4 is 39.2 Å². The molecule has 0 saturated heterocycles. The molecule has 0 unspecified atom stereocenters. The van der Waals surface area contributed by atoms with Gasteiger partial charge in [0.1, 0.15) is 0 Å². The smallest absolute Gasteiger partial charge is 0.408 e. The van der Waals surface area contributed by atoms with Gasteiger partial charge in [-0.25, -0.2) is 13.2 Å². The minimum absolute atomic E-state index is 0. The van der Waals surface area contributed by atoms with Gasteiger partial charge < -0.3 is 9.73 Å². The third-order valence-electron chi connectivity index (χ3n) is 4.46. The molecule has 0 spiro atoms. The number of sulfonamides is 1. The summed E-state index contributed by atoms with van der Waals surface area (Å²) in [5.41, 5.74) is 3.49. The van der Waals surface area contributed by atoms with E-state index in [1.165, 1.54) is 16.7 Å². The summed E-state index contributed by atoms with van der Waals surface area (Å²) in [5, 5.41) is 3.27. The highest BCUT2D eigenvalue weighted by atomic mass is 35.5. The zero-order valence-corrected chi connectivity index (χ0v) is 15.6. The number of halogens is 1. The maximum Gasteiger partial charge on any atom is 0.419 e. The molecular formula is C17H18ClN3O4S. The van der Waals surface area contributed by atoms with Crippen LogP contribution in [0.3, 0.4) is 0 Å². The third-order valence-corrected chi connectivity index (χ3v) is 5.82. The molecule has 1 aliphatic rings. The summed E-state index contributed by atoms with van der Waals surface area (Å²) in [6.07, 6.45) is 0.765. The van der Waals surface area contributed by atoms with Crippen LogP contribution in [-0.4, -0.2) is 19.5 Å². The largest absolute Gasteiger partial charge is 0.419 e. The second kappa shape index (κ2) is 6.79. The van der Waals surface area contributed by atoms with Gasteiger partial charge in [-0.05, 0) is 42.3 Å². The monoisotopic (exact) mass is 395 g/mol. The van der Waals surface area contributed by atoms with Crippen LogP contribution in [0.15, 0.2) is 50.5 Å². The van der Waals surface area contributed by atoms with Crippen LogP contribution in [0, 0.1) is 0 Å². The number of benzene rings is 2. The molecule has 9 heteroatoms. The van der Waals surface area contributed by atoms with Crippen LogP contribution < -0.4 is 15.8 Å². The van der Waals surface area contributed by atoms with Crippen molar-refractivity contribution in [3.05, 3.63) is 58.1 Å². The number of aryl methyl sites for hydroxylation is 1. The molecule has 0 saturated carbocycles. The van der Waals surface area contributed by atoms with Gasteiger partial charge in [0.05, 0.1) is 16.1 Å². The molecular weight excluding hydrogens is 378 g/mol. The zero-order chi connectivity index (χ0) is 17.6. The molecule has 0 amide bonds. The lowest BCUT2D eigenvalue weighted by atomic mass is 9.99. The van der Waals surface area contributed by atoms with Crippen LogP contribution in [-0.2, 0) is 30.0 Å². The first kappa shape index (κ1) is 18.5. The molecule has 7 nitrogen and oxygen atoms in total. The van der Waals surface area contributed by atoms with Crippen molar-refractivity contribution in [3.8, 4) is 0 Å². The standard InChI is InChI=1S/C17H17N3O4S.ClH/c1-20-15-6-5-12(9-16(15)24-17(20)21)25(22,23)19-14-4-2-3-11-10-18-8-7-13(11)14;/h2-6,9,18-19H,7-8,10H2,1H3;1H. The molecule has 2 aromatic carbocycles. The van der Waals surface area contributed by atoms with Crippen molar-refractivity contribution in [2.45, 2.75) is 17.9 Å². The fourth-order valence-electron chi connectivity index (χ4n) is 3.11. The summed E-state index contributed by atoms with van der Waals surface area (Å²) in [6, 6.07) is 10.0. The number of fused-ring (bicyclic) bond motifs is 2. The van der Waals surface area contributed by atoms with E-state index in [2.05, 4.69) is 10.0 Å². The summed E-state index contributed by atoms with van der Waals surface area (Å²) in [4.78, 5) is 11.6. The van der Waals surface area contributed by atoms with Crippen molar-refractivity contribution < 1.29 is 12.8 Å². The van der Waals surface area contributed by atoms with Crippen molar-refractivity contribution in [1.82, 2.24) is 9.88 Å². The molecule has 1 aliphatic heterocycles. The fraction of sp³-hybridized carbons (Fsp3) is 0.235. The highest BCUT2D eigenvalue weighted by Crippen LogP contribution is 2.26. The van der Waals surface area contributed by atoms with Gasteiger partial charge in [-0.3, -0.25) is 9.29 Å². The number of oxazole rings is 1. The molecule has 26 heavy (non-hydrogen) atoms. The maximum absolute atomic E-state index is 12.8.